The molecule has 0 fully saturated rings. The molecule has 0 spiro atoms. The van der Waals surface area contributed by atoms with Crippen molar-refractivity contribution in [2.75, 3.05) is 4.90 Å². The van der Waals surface area contributed by atoms with Gasteiger partial charge in [0.15, 0.2) is 5.58 Å². The SMILES string of the molecule is c1ccc(-c2ccc(N(c3ccc(-c4ccccc4)cc3)c3ccccc3-c3cccc4c3oc3c5ccccc5n(-c5ccccc5)c43)cc2)cc1. The van der Waals surface area contributed by atoms with E-state index in [1.165, 1.54) is 22.3 Å². The Morgan fingerprint density at radius 3 is 1.49 bits per heavy atom. The van der Waals surface area contributed by atoms with E-state index in [1.54, 1.807) is 0 Å². The van der Waals surface area contributed by atoms with Gasteiger partial charge >= 0.3 is 0 Å². The summed E-state index contributed by atoms with van der Waals surface area (Å²) in [5.41, 5.74) is 15.2. The maximum atomic E-state index is 6.99. The topological polar surface area (TPSA) is 21.3 Å². The fourth-order valence-electron chi connectivity index (χ4n) is 7.74. The van der Waals surface area contributed by atoms with Gasteiger partial charge in [0.1, 0.15) is 11.1 Å². The summed E-state index contributed by atoms with van der Waals surface area (Å²) in [6.07, 6.45) is 0. The van der Waals surface area contributed by atoms with Crippen molar-refractivity contribution in [3.05, 3.63) is 206 Å². The molecule has 0 amide bonds. The van der Waals surface area contributed by atoms with Gasteiger partial charge in [-0.15, -0.1) is 0 Å². The van der Waals surface area contributed by atoms with Crippen LogP contribution in [0.3, 0.4) is 0 Å². The average molecular weight is 679 g/mol. The van der Waals surface area contributed by atoms with Crippen LogP contribution in [0.4, 0.5) is 17.1 Å². The first-order chi connectivity index (χ1) is 26.3. The number of hydrogen-bond donors (Lipinski definition) is 0. The number of fused-ring (bicyclic) bond motifs is 5. The normalized spacial score (nSPS) is 11.4. The number of furan rings is 1. The molecular formula is C50H34N2O. The summed E-state index contributed by atoms with van der Waals surface area (Å²) in [5, 5.41) is 2.18. The molecule has 0 N–H and O–H groups in total. The molecule has 53 heavy (non-hydrogen) atoms. The molecule has 10 aromatic rings. The Labute approximate surface area is 308 Å². The lowest BCUT2D eigenvalue weighted by Gasteiger charge is -2.28. The van der Waals surface area contributed by atoms with Gasteiger partial charge in [0.2, 0.25) is 0 Å². The summed E-state index contributed by atoms with van der Waals surface area (Å²) < 4.78 is 9.32. The van der Waals surface area contributed by atoms with Crippen LogP contribution in [-0.4, -0.2) is 4.57 Å². The van der Waals surface area contributed by atoms with Gasteiger partial charge in [0.05, 0.1) is 11.2 Å². The molecule has 0 saturated carbocycles. The van der Waals surface area contributed by atoms with Gasteiger partial charge in [-0.05, 0) is 82.9 Å². The lowest BCUT2D eigenvalue weighted by Crippen LogP contribution is -2.11. The molecule has 0 radical (unpaired) electrons. The van der Waals surface area contributed by atoms with Crippen LogP contribution in [0.2, 0.25) is 0 Å². The lowest BCUT2D eigenvalue weighted by molar-refractivity contribution is 0.674. The van der Waals surface area contributed by atoms with Gasteiger partial charge in [0, 0.05) is 39.0 Å². The first kappa shape index (κ1) is 30.7. The van der Waals surface area contributed by atoms with Crippen LogP contribution in [0.25, 0.3) is 72.0 Å². The van der Waals surface area contributed by atoms with E-state index in [4.69, 9.17) is 4.42 Å². The summed E-state index contributed by atoms with van der Waals surface area (Å²) >= 11 is 0. The molecule has 8 aromatic carbocycles. The van der Waals surface area contributed by atoms with E-state index in [0.717, 1.165) is 66.8 Å². The number of hydrogen-bond acceptors (Lipinski definition) is 2. The Bertz CT molecular complexity index is 2770. The fraction of sp³-hybridized carbons (Fsp3) is 0. The van der Waals surface area contributed by atoms with Crippen LogP contribution >= 0.6 is 0 Å². The Kier molecular flexibility index (Phi) is 7.47. The zero-order chi connectivity index (χ0) is 35.1. The maximum absolute atomic E-state index is 6.99. The van der Waals surface area contributed by atoms with E-state index in [0.29, 0.717) is 0 Å². The number of aromatic nitrogens is 1. The number of benzene rings is 8. The minimum atomic E-state index is 0.874. The van der Waals surface area contributed by atoms with E-state index < -0.39 is 0 Å². The molecule has 250 valence electrons. The van der Waals surface area contributed by atoms with Gasteiger partial charge in [-0.1, -0.05) is 146 Å². The fourth-order valence-corrected chi connectivity index (χ4v) is 7.74. The Balaban J connectivity index is 1.17. The predicted octanol–water partition coefficient (Wildman–Crippen LogP) is 14.0. The highest BCUT2D eigenvalue weighted by Crippen LogP contribution is 2.46. The molecule has 0 aliphatic carbocycles. The van der Waals surface area contributed by atoms with Crippen molar-refractivity contribution >= 4 is 50.0 Å². The second-order valence-corrected chi connectivity index (χ2v) is 13.3. The smallest absolute Gasteiger partial charge is 0.161 e. The minimum absolute atomic E-state index is 0.874. The van der Waals surface area contributed by atoms with Crippen LogP contribution in [-0.2, 0) is 0 Å². The van der Waals surface area contributed by atoms with Gasteiger partial charge < -0.3 is 13.9 Å². The monoisotopic (exact) mass is 678 g/mol. The molecule has 0 bridgehead atoms. The van der Waals surface area contributed by atoms with Crippen molar-refractivity contribution in [1.82, 2.24) is 4.57 Å². The van der Waals surface area contributed by atoms with Crippen molar-refractivity contribution < 1.29 is 4.42 Å². The molecule has 0 saturated heterocycles. The summed E-state index contributed by atoms with van der Waals surface area (Å²) in [5.74, 6) is 0. The molecular weight excluding hydrogens is 645 g/mol. The first-order valence-corrected chi connectivity index (χ1v) is 18.0. The molecule has 3 heteroatoms. The Hall–Kier alpha value is -7.10. The highest BCUT2D eigenvalue weighted by atomic mass is 16.3. The van der Waals surface area contributed by atoms with Crippen molar-refractivity contribution in [3.63, 3.8) is 0 Å². The lowest BCUT2D eigenvalue weighted by atomic mass is 9.99. The van der Waals surface area contributed by atoms with Crippen LogP contribution in [0, 0.1) is 0 Å². The molecule has 2 aromatic heterocycles. The standard InChI is InChI=1S/C50H34N2O/c1-4-15-35(16-5-1)37-27-31-40(32-28-37)51(41-33-29-38(30-34-41)36-17-6-2-7-18-36)46-25-12-10-21-42(46)43-23-14-24-45-48-50(53-49(43)45)44-22-11-13-26-47(44)52(48)39-19-8-3-9-20-39/h1-34H. The summed E-state index contributed by atoms with van der Waals surface area (Å²) in [4.78, 5) is 2.36. The van der Waals surface area contributed by atoms with Crippen molar-refractivity contribution in [1.29, 1.82) is 0 Å². The first-order valence-electron chi connectivity index (χ1n) is 18.0. The minimum Gasteiger partial charge on any atom is -0.453 e. The van der Waals surface area contributed by atoms with Crippen molar-refractivity contribution in [2.24, 2.45) is 0 Å². The molecule has 2 heterocycles. The maximum Gasteiger partial charge on any atom is 0.161 e. The Morgan fingerprint density at radius 1 is 0.358 bits per heavy atom. The van der Waals surface area contributed by atoms with E-state index in [-0.39, 0.29) is 0 Å². The zero-order valence-corrected chi connectivity index (χ0v) is 28.9. The summed E-state index contributed by atoms with van der Waals surface area (Å²) in [6, 6.07) is 73.1. The number of rotatable bonds is 7. The van der Waals surface area contributed by atoms with E-state index in [2.05, 4.69) is 216 Å². The van der Waals surface area contributed by atoms with Crippen molar-refractivity contribution in [3.8, 4) is 39.1 Å². The molecule has 0 aliphatic heterocycles. The number of para-hydroxylation sites is 4. The van der Waals surface area contributed by atoms with Gasteiger partial charge in [0.25, 0.3) is 0 Å². The summed E-state index contributed by atoms with van der Waals surface area (Å²) in [6.45, 7) is 0. The van der Waals surface area contributed by atoms with Gasteiger partial charge in [-0.2, -0.15) is 0 Å². The van der Waals surface area contributed by atoms with E-state index in [1.807, 2.05) is 0 Å². The van der Waals surface area contributed by atoms with Crippen LogP contribution in [0.1, 0.15) is 0 Å². The molecule has 0 unspecified atom stereocenters. The molecule has 0 aliphatic rings. The average Bonchev–Trinajstić information content (AvgIpc) is 3.78. The van der Waals surface area contributed by atoms with Crippen LogP contribution in [0.5, 0.6) is 0 Å². The largest absolute Gasteiger partial charge is 0.453 e. The highest BCUT2D eigenvalue weighted by molar-refractivity contribution is 6.19. The number of anilines is 3. The Morgan fingerprint density at radius 2 is 0.849 bits per heavy atom. The van der Waals surface area contributed by atoms with E-state index >= 15 is 0 Å². The van der Waals surface area contributed by atoms with Gasteiger partial charge in [-0.3, -0.25) is 0 Å². The predicted molar refractivity (Wildman–Crippen MR) is 222 cm³/mol. The third-order valence-corrected chi connectivity index (χ3v) is 10.2. The molecule has 3 nitrogen and oxygen atoms in total. The van der Waals surface area contributed by atoms with Crippen molar-refractivity contribution in [2.45, 2.75) is 0 Å². The number of nitrogens with zero attached hydrogens (tertiary/aromatic N) is 2. The summed E-state index contributed by atoms with van der Waals surface area (Å²) in [7, 11) is 0. The molecule has 10 rings (SSSR count). The van der Waals surface area contributed by atoms with Crippen LogP contribution in [0.15, 0.2) is 211 Å². The third kappa shape index (κ3) is 5.30. The van der Waals surface area contributed by atoms with E-state index in [9.17, 15) is 0 Å². The third-order valence-electron chi connectivity index (χ3n) is 10.2. The quantitative estimate of drug-likeness (QED) is 0.167. The second-order valence-electron chi connectivity index (χ2n) is 13.3. The highest BCUT2D eigenvalue weighted by Gasteiger charge is 2.24. The van der Waals surface area contributed by atoms with Crippen LogP contribution < -0.4 is 4.90 Å². The second kappa shape index (κ2) is 12.9. The zero-order valence-electron chi connectivity index (χ0n) is 28.9. The van der Waals surface area contributed by atoms with Gasteiger partial charge in [-0.25, -0.2) is 0 Å². The molecule has 0 atom stereocenters.